The van der Waals surface area contributed by atoms with Crippen molar-refractivity contribution in [3.05, 3.63) is 81.7 Å². The average molecular weight is 406 g/mol. The summed E-state index contributed by atoms with van der Waals surface area (Å²) in [6.45, 7) is 2.06. The highest BCUT2D eigenvalue weighted by Crippen LogP contribution is 2.34. The van der Waals surface area contributed by atoms with Crippen molar-refractivity contribution in [2.24, 2.45) is 0 Å². The number of ether oxygens (including phenoxy) is 2. The largest absolute Gasteiger partial charge is 0.454 e. The molecule has 3 aromatic rings. The first kappa shape index (κ1) is 18.8. The zero-order chi connectivity index (χ0) is 20.2. The molecule has 0 bridgehead atoms. The summed E-state index contributed by atoms with van der Waals surface area (Å²) < 4.78 is 10.6. The first-order chi connectivity index (χ1) is 14.1. The second-order valence-electron chi connectivity index (χ2n) is 6.42. The van der Waals surface area contributed by atoms with Crippen LogP contribution in [0.5, 0.6) is 11.5 Å². The van der Waals surface area contributed by atoms with Gasteiger partial charge in [-0.1, -0.05) is 23.8 Å². The topological polar surface area (TPSA) is 76.7 Å². The van der Waals surface area contributed by atoms with Crippen molar-refractivity contribution < 1.29 is 19.1 Å². The number of hydrogen-bond acceptors (Lipinski definition) is 5. The van der Waals surface area contributed by atoms with E-state index in [0.717, 1.165) is 10.4 Å². The molecule has 0 unspecified atom stereocenters. The molecule has 7 heteroatoms. The Balaban J connectivity index is 1.57. The first-order valence-electron chi connectivity index (χ1n) is 8.93. The summed E-state index contributed by atoms with van der Waals surface area (Å²) in [6.07, 6.45) is 1.65. The number of rotatable bonds is 5. The molecule has 146 valence electrons. The molecule has 2 aromatic carbocycles. The lowest BCUT2D eigenvalue weighted by Crippen LogP contribution is -2.30. The van der Waals surface area contributed by atoms with E-state index in [4.69, 9.17) is 9.47 Å². The van der Waals surface area contributed by atoms with E-state index in [-0.39, 0.29) is 18.4 Å². The summed E-state index contributed by atoms with van der Waals surface area (Å²) >= 11 is 1.47. The molecule has 0 saturated heterocycles. The lowest BCUT2D eigenvalue weighted by atomic mass is 10.1. The monoisotopic (exact) mass is 406 g/mol. The molecule has 1 aromatic heterocycles. The molecule has 0 spiro atoms. The fraction of sp³-hybridized carbons (Fsp3) is 0.0909. The van der Waals surface area contributed by atoms with Crippen LogP contribution >= 0.6 is 11.3 Å². The van der Waals surface area contributed by atoms with E-state index in [1.54, 1.807) is 42.5 Å². The molecular formula is C22H18N2O4S. The normalized spacial score (nSPS) is 12.5. The summed E-state index contributed by atoms with van der Waals surface area (Å²) in [6, 6.07) is 16.1. The van der Waals surface area contributed by atoms with Gasteiger partial charge in [0.05, 0.1) is 0 Å². The Morgan fingerprint density at radius 2 is 1.90 bits per heavy atom. The van der Waals surface area contributed by atoms with Crippen LogP contribution in [-0.4, -0.2) is 18.6 Å². The van der Waals surface area contributed by atoms with Crippen LogP contribution in [0.2, 0.25) is 0 Å². The maximum Gasteiger partial charge on any atom is 0.272 e. The fourth-order valence-corrected chi connectivity index (χ4v) is 3.48. The van der Waals surface area contributed by atoms with Gasteiger partial charge in [-0.2, -0.15) is 0 Å². The van der Waals surface area contributed by atoms with E-state index in [9.17, 15) is 9.59 Å². The minimum atomic E-state index is -0.432. The number of aryl methyl sites for hydroxylation is 1. The molecule has 4 rings (SSSR count). The maximum atomic E-state index is 12.9. The predicted molar refractivity (Wildman–Crippen MR) is 112 cm³/mol. The van der Waals surface area contributed by atoms with E-state index < -0.39 is 5.91 Å². The fourth-order valence-electron chi connectivity index (χ4n) is 2.83. The summed E-state index contributed by atoms with van der Waals surface area (Å²) in [7, 11) is 0. The SMILES string of the molecule is Cc1cccc(C(=O)N/C(=C\c2cccs2)C(=O)Nc2ccc3c(c2)OCO3)c1. The van der Waals surface area contributed by atoms with Gasteiger partial charge >= 0.3 is 0 Å². The molecule has 0 atom stereocenters. The Morgan fingerprint density at radius 1 is 1.03 bits per heavy atom. The molecule has 0 radical (unpaired) electrons. The smallest absolute Gasteiger partial charge is 0.272 e. The van der Waals surface area contributed by atoms with Crippen LogP contribution in [0.25, 0.3) is 6.08 Å². The van der Waals surface area contributed by atoms with Crippen molar-refractivity contribution in [3.8, 4) is 11.5 Å². The van der Waals surface area contributed by atoms with Crippen LogP contribution < -0.4 is 20.1 Å². The number of carbonyl (C=O) groups is 2. The summed E-state index contributed by atoms with van der Waals surface area (Å²) in [5.41, 5.74) is 2.14. The lowest BCUT2D eigenvalue weighted by Gasteiger charge is -2.11. The van der Waals surface area contributed by atoms with Crippen molar-refractivity contribution >= 4 is 34.9 Å². The Labute approximate surface area is 171 Å². The highest BCUT2D eigenvalue weighted by molar-refractivity contribution is 7.10. The van der Waals surface area contributed by atoms with Crippen LogP contribution in [0.1, 0.15) is 20.8 Å². The third-order valence-corrected chi connectivity index (χ3v) is 5.05. The molecule has 2 heterocycles. The van der Waals surface area contributed by atoms with Crippen LogP contribution in [0.3, 0.4) is 0 Å². The average Bonchev–Trinajstić information content (AvgIpc) is 3.38. The van der Waals surface area contributed by atoms with Crippen LogP contribution in [0, 0.1) is 6.92 Å². The van der Waals surface area contributed by atoms with Gasteiger partial charge in [-0.15, -0.1) is 11.3 Å². The molecule has 6 nitrogen and oxygen atoms in total. The molecular weight excluding hydrogens is 388 g/mol. The summed E-state index contributed by atoms with van der Waals surface area (Å²) in [4.78, 5) is 26.4. The third kappa shape index (κ3) is 4.47. The van der Waals surface area contributed by atoms with Gasteiger partial charge < -0.3 is 20.1 Å². The second-order valence-corrected chi connectivity index (χ2v) is 7.40. The van der Waals surface area contributed by atoms with E-state index >= 15 is 0 Å². The van der Waals surface area contributed by atoms with Gasteiger partial charge in [0.25, 0.3) is 11.8 Å². The number of amides is 2. The van der Waals surface area contributed by atoms with Gasteiger partial charge in [-0.3, -0.25) is 9.59 Å². The Kier molecular flexibility index (Phi) is 5.31. The maximum absolute atomic E-state index is 12.9. The minimum absolute atomic E-state index is 0.150. The molecule has 0 saturated carbocycles. The van der Waals surface area contributed by atoms with Crippen molar-refractivity contribution in [3.63, 3.8) is 0 Å². The Bertz CT molecular complexity index is 1090. The quantitative estimate of drug-likeness (QED) is 0.623. The number of fused-ring (bicyclic) bond motifs is 1. The number of nitrogens with one attached hydrogen (secondary N) is 2. The molecule has 2 amide bonds. The number of anilines is 1. The van der Waals surface area contributed by atoms with E-state index in [1.807, 2.05) is 30.5 Å². The van der Waals surface area contributed by atoms with Crippen molar-refractivity contribution in [1.82, 2.24) is 5.32 Å². The zero-order valence-electron chi connectivity index (χ0n) is 15.6. The standard InChI is InChI=1S/C22H18N2O4S/c1-14-4-2-5-15(10-14)21(25)24-18(12-17-6-3-9-29-17)22(26)23-16-7-8-19-20(11-16)28-13-27-19/h2-12H,13H2,1H3,(H,23,26)(H,24,25)/b18-12-. The highest BCUT2D eigenvalue weighted by atomic mass is 32.1. The van der Waals surface area contributed by atoms with Gasteiger partial charge in [0.1, 0.15) is 5.70 Å². The van der Waals surface area contributed by atoms with Crippen molar-refractivity contribution in [2.45, 2.75) is 6.92 Å². The van der Waals surface area contributed by atoms with Crippen LogP contribution in [0.15, 0.2) is 65.7 Å². The minimum Gasteiger partial charge on any atom is -0.454 e. The number of hydrogen-bond donors (Lipinski definition) is 2. The molecule has 1 aliphatic rings. The van der Waals surface area contributed by atoms with E-state index in [2.05, 4.69) is 10.6 Å². The van der Waals surface area contributed by atoms with E-state index in [1.165, 1.54) is 11.3 Å². The van der Waals surface area contributed by atoms with Gasteiger partial charge in [-0.05, 0) is 48.7 Å². The second kappa shape index (κ2) is 8.20. The molecule has 29 heavy (non-hydrogen) atoms. The van der Waals surface area contributed by atoms with Crippen molar-refractivity contribution in [2.75, 3.05) is 12.1 Å². The van der Waals surface area contributed by atoms with Gasteiger partial charge in [0.2, 0.25) is 6.79 Å². The lowest BCUT2D eigenvalue weighted by molar-refractivity contribution is -0.113. The summed E-state index contributed by atoms with van der Waals surface area (Å²) in [5, 5.41) is 7.44. The van der Waals surface area contributed by atoms with Gasteiger partial charge in [-0.25, -0.2) is 0 Å². The predicted octanol–water partition coefficient (Wildman–Crippen LogP) is 4.19. The van der Waals surface area contributed by atoms with Crippen LogP contribution in [-0.2, 0) is 4.79 Å². The van der Waals surface area contributed by atoms with E-state index in [0.29, 0.717) is 22.7 Å². The molecule has 2 N–H and O–H groups in total. The van der Waals surface area contributed by atoms with Crippen LogP contribution in [0.4, 0.5) is 5.69 Å². The molecule has 0 aliphatic carbocycles. The van der Waals surface area contributed by atoms with Crippen molar-refractivity contribution in [1.29, 1.82) is 0 Å². The number of thiophene rings is 1. The van der Waals surface area contributed by atoms with Gasteiger partial charge in [0.15, 0.2) is 11.5 Å². The third-order valence-electron chi connectivity index (χ3n) is 4.23. The Hall–Kier alpha value is -3.58. The number of benzene rings is 2. The van der Waals surface area contributed by atoms with Gasteiger partial charge in [0, 0.05) is 22.2 Å². The zero-order valence-corrected chi connectivity index (χ0v) is 16.4. The summed E-state index contributed by atoms with van der Waals surface area (Å²) in [5.74, 6) is 0.413. The first-order valence-corrected chi connectivity index (χ1v) is 9.81. The Morgan fingerprint density at radius 3 is 2.69 bits per heavy atom. The highest BCUT2D eigenvalue weighted by Gasteiger charge is 2.18. The number of carbonyl (C=O) groups excluding carboxylic acids is 2. The molecule has 1 aliphatic heterocycles. The molecule has 0 fully saturated rings.